The Morgan fingerprint density at radius 1 is 1.56 bits per heavy atom. The molecule has 1 aliphatic rings. The third-order valence-electron chi connectivity index (χ3n) is 3.74. The number of rotatable bonds is 2. The lowest BCUT2D eigenvalue weighted by Crippen LogP contribution is -2.51. The van der Waals surface area contributed by atoms with E-state index in [4.69, 9.17) is 5.73 Å². The summed E-state index contributed by atoms with van der Waals surface area (Å²) in [5.74, 6) is 0.540. The van der Waals surface area contributed by atoms with Gasteiger partial charge in [0.25, 0.3) is 5.91 Å². The summed E-state index contributed by atoms with van der Waals surface area (Å²) in [7, 11) is 0. The number of aromatic nitrogens is 1. The predicted molar refractivity (Wildman–Crippen MR) is 71.3 cm³/mol. The van der Waals surface area contributed by atoms with E-state index in [1.807, 2.05) is 17.9 Å². The van der Waals surface area contributed by atoms with Gasteiger partial charge < -0.3 is 10.6 Å². The molecule has 1 amide bonds. The summed E-state index contributed by atoms with van der Waals surface area (Å²) in [6.45, 7) is 5.46. The Morgan fingerprint density at radius 3 is 3.00 bits per heavy atom. The summed E-state index contributed by atoms with van der Waals surface area (Å²) in [5.41, 5.74) is 7.50. The van der Waals surface area contributed by atoms with Crippen LogP contribution in [0.3, 0.4) is 0 Å². The van der Waals surface area contributed by atoms with Crippen molar-refractivity contribution in [1.29, 1.82) is 0 Å². The lowest BCUT2D eigenvalue weighted by atomic mass is 9.90. The van der Waals surface area contributed by atoms with E-state index in [0.717, 1.165) is 24.9 Å². The molecule has 4 heteroatoms. The number of hydrogen-bond acceptors (Lipinski definition) is 3. The minimum Gasteiger partial charge on any atom is -0.334 e. The zero-order valence-corrected chi connectivity index (χ0v) is 11.1. The zero-order chi connectivity index (χ0) is 13.1. The molecule has 1 aliphatic heterocycles. The summed E-state index contributed by atoms with van der Waals surface area (Å²) >= 11 is 0. The van der Waals surface area contributed by atoms with E-state index in [2.05, 4.69) is 11.9 Å². The van der Waals surface area contributed by atoms with Gasteiger partial charge in [-0.25, -0.2) is 0 Å². The van der Waals surface area contributed by atoms with Crippen molar-refractivity contribution in [3.63, 3.8) is 0 Å². The fourth-order valence-electron chi connectivity index (χ4n) is 2.70. The van der Waals surface area contributed by atoms with Crippen LogP contribution in [0, 0.1) is 12.8 Å². The van der Waals surface area contributed by atoms with Crippen LogP contribution in [0.4, 0.5) is 0 Å². The molecule has 2 rings (SSSR count). The number of nitrogens with two attached hydrogens (primary N) is 1. The minimum atomic E-state index is 0.0631. The molecule has 1 fully saturated rings. The summed E-state index contributed by atoms with van der Waals surface area (Å²) in [5, 5.41) is 0. The Morgan fingerprint density at radius 2 is 2.33 bits per heavy atom. The summed E-state index contributed by atoms with van der Waals surface area (Å²) in [6.07, 6.45) is 5.61. The summed E-state index contributed by atoms with van der Waals surface area (Å²) < 4.78 is 0. The maximum atomic E-state index is 12.5. The van der Waals surface area contributed by atoms with Crippen molar-refractivity contribution in [1.82, 2.24) is 9.88 Å². The van der Waals surface area contributed by atoms with Crippen LogP contribution in [0.1, 0.15) is 35.7 Å². The van der Waals surface area contributed by atoms with E-state index in [-0.39, 0.29) is 11.9 Å². The number of piperidine rings is 1. The fourth-order valence-corrected chi connectivity index (χ4v) is 2.70. The van der Waals surface area contributed by atoms with Gasteiger partial charge in [-0.1, -0.05) is 6.92 Å². The molecule has 0 unspecified atom stereocenters. The van der Waals surface area contributed by atoms with E-state index in [1.54, 1.807) is 12.4 Å². The second-order valence-electron chi connectivity index (χ2n) is 5.17. The summed E-state index contributed by atoms with van der Waals surface area (Å²) in [4.78, 5) is 18.5. The van der Waals surface area contributed by atoms with Gasteiger partial charge >= 0.3 is 0 Å². The number of carbonyl (C=O) groups is 1. The van der Waals surface area contributed by atoms with Crippen LogP contribution in [0.25, 0.3) is 0 Å². The second kappa shape index (κ2) is 5.48. The molecule has 1 aromatic heterocycles. The van der Waals surface area contributed by atoms with Gasteiger partial charge in [-0.15, -0.1) is 0 Å². The van der Waals surface area contributed by atoms with Crippen molar-refractivity contribution in [3.8, 4) is 0 Å². The zero-order valence-electron chi connectivity index (χ0n) is 11.1. The molecule has 0 aromatic carbocycles. The van der Waals surface area contributed by atoms with Crippen molar-refractivity contribution in [2.24, 2.45) is 11.7 Å². The van der Waals surface area contributed by atoms with Gasteiger partial charge in [0, 0.05) is 31.5 Å². The molecule has 1 aromatic rings. The van der Waals surface area contributed by atoms with Crippen LogP contribution >= 0.6 is 0 Å². The maximum Gasteiger partial charge on any atom is 0.255 e. The molecule has 0 saturated carbocycles. The van der Waals surface area contributed by atoms with Crippen molar-refractivity contribution in [2.75, 3.05) is 13.1 Å². The first kappa shape index (κ1) is 13.0. The Kier molecular flexibility index (Phi) is 3.97. The highest BCUT2D eigenvalue weighted by atomic mass is 16.2. The SMILES string of the molecule is Cc1cncc(C(=O)N2CCC[C@H](C)[C@H]2CN)c1. The molecular weight excluding hydrogens is 226 g/mol. The molecular formula is C14H21N3O. The van der Waals surface area contributed by atoms with Gasteiger partial charge in [0.1, 0.15) is 0 Å². The highest BCUT2D eigenvalue weighted by molar-refractivity contribution is 5.94. The summed E-state index contributed by atoms with van der Waals surface area (Å²) in [6, 6.07) is 2.05. The number of hydrogen-bond donors (Lipinski definition) is 1. The quantitative estimate of drug-likeness (QED) is 0.863. The van der Waals surface area contributed by atoms with E-state index >= 15 is 0 Å². The average molecular weight is 247 g/mol. The first-order chi connectivity index (χ1) is 8.63. The first-order valence-electron chi connectivity index (χ1n) is 6.56. The normalized spacial score (nSPS) is 24.1. The fraction of sp³-hybridized carbons (Fsp3) is 0.571. The number of nitrogens with zero attached hydrogens (tertiary/aromatic N) is 2. The monoisotopic (exact) mass is 247 g/mol. The maximum absolute atomic E-state index is 12.5. The standard InChI is InChI=1S/C14H21N3O/c1-10-6-12(9-16-8-10)14(18)17-5-3-4-11(2)13(17)7-15/h6,8-9,11,13H,3-5,7,15H2,1-2H3/t11-,13+/m0/s1. The van der Waals surface area contributed by atoms with Gasteiger partial charge in [0.15, 0.2) is 0 Å². The molecule has 4 nitrogen and oxygen atoms in total. The number of carbonyl (C=O) groups excluding carboxylic acids is 1. The van der Waals surface area contributed by atoms with Gasteiger partial charge in [-0.05, 0) is 37.3 Å². The lowest BCUT2D eigenvalue weighted by molar-refractivity contribution is 0.0532. The van der Waals surface area contributed by atoms with Gasteiger partial charge in [0.05, 0.1) is 5.56 Å². The average Bonchev–Trinajstić information content (AvgIpc) is 2.37. The number of pyridine rings is 1. The first-order valence-corrected chi connectivity index (χ1v) is 6.56. The van der Waals surface area contributed by atoms with Crippen molar-refractivity contribution in [2.45, 2.75) is 32.7 Å². The molecule has 2 heterocycles. The molecule has 0 spiro atoms. The van der Waals surface area contributed by atoms with E-state index in [0.29, 0.717) is 18.0 Å². The Hall–Kier alpha value is -1.42. The third kappa shape index (κ3) is 2.53. The molecule has 0 aliphatic carbocycles. The molecule has 2 N–H and O–H groups in total. The topological polar surface area (TPSA) is 59.2 Å². The van der Waals surface area contributed by atoms with Crippen molar-refractivity contribution in [3.05, 3.63) is 29.6 Å². The van der Waals surface area contributed by atoms with Crippen LogP contribution in [-0.4, -0.2) is 34.9 Å². The van der Waals surface area contributed by atoms with Crippen LogP contribution < -0.4 is 5.73 Å². The number of aryl methyl sites for hydroxylation is 1. The largest absolute Gasteiger partial charge is 0.334 e. The third-order valence-corrected chi connectivity index (χ3v) is 3.74. The molecule has 0 bridgehead atoms. The van der Waals surface area contributed by atoms with Crippen molar-refractivity contribution < 1.29 is 4.79 Å². The highest BCUT2D eigenvalue weighted by Crippen LogP contribution is 2.24. The smallest absolute Gasteiger partial charge is 0.255 e. The van der Waals surface area contributed by atoms with E-state index in [9.17, 15) is 4.79 Å². The van der Waals surface area contributed by atoms with Gasteiger partial charge in [0.2, 0.25) is 0 Å². The Balaban J connectivity index is 2.21. The predicted octanol–water partition coefficient (Wildman–Crippen LogP) is 1.59. The minimum absolute atomic E-state index is 0.0631. The lowest BCUT2D eigenvalue weighted by Gasteiger charge is -2.39. The van der Waals surface area contributed by atoms with E-state index in [1.165, 1.54) is 0 Å². The van der Waals surface area contributed by atoms with Gasteiger partial charge in [-0.2, -0.15) is 0 Å². The molecule has 1 saturated heterocycles. The number of likely N-dealkylation sites (tertiary alicyclic amines) is 1. The molecule has 98 valence electrons. The molecule has 0 radical (unpaired) electrons. The van der Waals surface area contributed by atoms with Crippen LogP contribution in [0.2, 0.25) is 0 Å². The van der Waals surface area contributed by atoms with Crippen LogP contribution in [-0.2, 0) is 0 Å². The second-order valence-corrected chi connectivity index (χ2v) is 5.17. The van der Waals surface area contributed by atoms with E-state index < -0.39 is 0 Å². The van der Waals surface area contributed by atoms with Crippen LogP contribution in [0.5, 0.6) is 0 Å². The van der Waals surface area contributed by atoms with Crippen LogP contribution in [0.15, 0.2) is 18.5 Å². The van der Waals surface area contributed by atoms with Gasteiger partial charge in [-0.3, -0.25) is 9.78 Å². The Bertz CT molecular complexity index is 433. The Labute approximate surface area is 108 Å². The van der Waals surface area contributed by atoms with Crippen molar-refractivity contribution >= 4 is 5.91 Å². The number of amides is 1. The molecule has 2 atom stereocenters. The highest BCUT2D eigenvalue weighted by Gasteiger charge is 2.31. The molecule has 18 heavy (non-hydrogen) atoms.